The molecule has 0 radical (unpaired) electrons. The van der Waals surface area contributed by atoms with Crippen molar-refractivity contribution in [3.8, 4) is 0 Å². The van der Waals surface area contributed by atoms with Gasteiger partial charge in [-0.05, 0) is 31.0 Å². The van der Waals surface area contributed by atoms with E-state index in [0.717, 1.165) is 18.6 Å². The lowest BCUT2D eigenvalue weighted by molar-refractivity contribution is 0.0718. The van der Waals surface area contributed by atoms with E-state index in [0.29, 0.717) is 17.8 Å². The second-order valence-electron chi connectivity index (χ2n) is 4.84. The topological polar surface area (TPSA) is 72.4 Å². The Bertz CT molecular complexity index is 623. The zero-order valence-electron chi connectivity index (χ0n) is 10.8. The Kier molecular flexibility index (Phi) is 3.36. The number of carbonyl (C=O) groups excluding carboxylic acids is 1. The van der Waals surface area contributed by atoms with Crippen LogP contribution in [-0.4, -0.2) is 21.8 Å². The first-order valence-corrected chi connectivity index (χ1v) is 6.77. The van der Waals surface area contributed by atoms with Gasteiger partial charge in [-0.2, -0.15) is 0 Å². The van der Waals surface area contributed by atoms with Crippen LogP contribution in [-0.2, 0) is 6.54 Å². The number of pyridine rings is 1. The van der Waals surface area contributed by atoms with Crippen molar-refractivity contribution < 1.29 is 9.21 Å². The van der Waals surface area contributed by atoms with Crippen LogP contribution in [0.15, 0.2) is 35.1 Å². The number of hydrogen-bond donors (Lipinski definition) is 1. The van der Waals surface area contributed by atoms with E-state index in [9.17, 15) is 4.79 Å². The molecule has 104 valence electrons. The zero-order chi connectivity index (χ0) is 14.1. The van der Waals surface area contributed by atoms with Gasteiger partial charge in [-0.1, -0.05) is 11.6 Å². The third kappa shape index (κ3) is 2.63. The molecule has 0 saturated heterocycles. The van der Waals surface area contributed by atoms with Crippen LogP contribution < -0.4 is 5.73 Å². The molecule has 1 aliphatic carbocycles. The molecule has 1 aliphatic rings. The van der Waals surface area contributed by atoms with E-state index >= 15 is 0 Å². The summed E-state index contributed by atoms with van der Waals surface area (Å²) >= 11 is 5.85. The lowest BCUT2D eigenvalue weighted by atomic mass is 10.2. The summed E-state index contributed by atoms with van der Waals surface area (Å²) in [7, 11) is 0. The summed E-state index contributed by atoms with van der Waals surface area (Å²) < 4.78 is 5.32. The first-order valence-electron chi connectivity index (χ1n) is 6.39. The van der Waals surface area contributed by atoms with Gasteiger partial charge >= 0.3 is 0 Å². The first-order chi connectivity index (χ1) is 9.65. The predicted molar refractivity (Wildman–Crippen MR) is 75.3 cm³/mol. The monoisotopic (exact) mass is 291 g/mol. The Morgan fingerprint density at radius 1 is 1.55 bits per heavy atom. The number of nitrogens with zero attached hydrogens (tertiary/aromatic N) is 2. The van der Waals surface area contributed by atoms with Crippen molar-refractivity contribution in [1.82, 2.24) is 9.88 Å². The molecule has 0 atom stereocenters. The molecule has 0 unspecified atom stereocenters. The van der Waals surface area contributed by atoms with Crippen molar-refractivity contribution in [2.75, 3.05) is 5.73 Å². The smallest absolute Gasteiger partial charge is 0.256 e. The highest BCUT2D eigenvalue weighted by molar-refractivity contribution is 6.29. The molecule has 2 aromatic rings. The number of nitrogens with two attached hydrogens (primary N) is 1. The van der Waals surface area contributed by atoms with Crippen molar-refractivity contribution in [1.29, 1.82) is 0 Å². The average Bonchev–Trinajstić information content (AvgIpc) is 3.15. The van der Waals surface area contributed by atoms with Crippen molar-refractivity contribution in [2.45, 2.75) is 25.4 Å². The molecular weight excluding hydrogens is 278 g/mol. The molecule has 6 heteroatoms. The van der Waals surface area contributed by atoms with Crippen molar-refractivity contribution in [3.05, 3.63) is 47.1 Å². The van der Waals surface area contributed by atoms with Crippen LogP contribution in [0.25, 0.3) is 0 Å². The molecule has 2 heterocycles. The minimum absolute atomic E-state index is 0.134. The number of amides is 1. The number of nitrogen functional groups attached to an aromatic ring is 1. The van der Waals surface area contributed by atoms with Crippen molar-refractivity contribution in [2.24, 2.45) is 0 Å². The molecule has 0 spiro atoms. The maximum atomic E-state index is 12.6. The summed E-state index contributed by atoms with van der Waals surface area (Å²) in [5.41, 5.74) is 6.56. The number of hydrogen-bond acceptors (Lipinski definition) is 4. The zero-order valence-corrected chi connectivity index (χ0v) is 11.5. The average molecular weight is 292 g/mol. The number of carbonyl (C=O) groups is 1. The summed E-state index contributed by atoms with van der Waals surface area (Å²) in [5.74, 6) is 0.620. The SMILES string of the molecule is Nc1cnc(Cl)cc1C(=O)N(Cc1ccco1)C1CC1. The van der Waals surface area contributed by atoms with Gasteiger partial charge in [0.1, 0.15) is 10.9 Å². The van der Waals surface area contributed by atoms with Crippen LogP contribution in [0.2, 0.25) is 5.15 Å². The number of aromatic nitrogens is 1. The second kappa shape index (κ2) is 5.17. The fourth-order valence-corrected chi connectivity index (χ4v) is 2.26. The third-order valence-corrected chi connectivity index (χ3v) is 3.49. The highest BCUT2D eigenvalue weighted by Gasteiger charge is 2.34. The van der Waals surface area contributed by atoms with Crippen LogP contribution in [0.5, 0.6) is 0 Å². The largest absolute Gasteiger partial charge is 0.467 e. The van der Waals surface area contributed by atoms with Gasteiger partial charge in [0.15, 0.2) is 0 Å². The highest BCUT2D eigenvalue weighted by atomic mass is 35.5. The van der Waals surface area contributed by atoms with Gasteiger partial charge in [0.2, 0.25) is 0 Å². The first kappa shape index (κ1) is 13.0. The molecule has 0 aliphatic heterocycles. The minimum atomic E-state index is -0.134. The van der Waals surface area contributed by atoms with Gasteiger partial charge in [-0.15, -0.1) is 0 Å². The molecule has 3 rings (SSSR count). The Morgan fingerprint density at radius 3 is 3.00 bits per heavy atom. The lowest BCUT2D eigenvalue weighted by Crippen LogP contribution is -2.33. The van der Waals surface area contributed by atoms with Crippen LogP contribution in [0.3, 0.4) is 0 Å². The van der Waals surface area contributed by atoms with Gasteiger partial charge in [-0.3, -0.25) is 4.79 Å². The van der Waals surface area contributed by atoms with E-state index in [4.69, 9.17) is 21.8 Å². The van der Waals surface area contributed by atoms with E-state index in [1.807, 2.05) is 12.1 Å². The molecule has 0 bridgehead atoms. The quantitative estimate of drug-likeness (QED) is 0.879. The molecule has 1 fully saturated rings. The standard InChI is InChI=1S/C14H14ClN3O2/c15-13-6-11(12(16)7-17-13)14(19)18(9-3-4-9)8-10-2-1-5-20-10/h1-2,5-7,9H,3-4,8,16H2. The number of halogens is 1. The lowest BCUT2D eigenvalue weighted by Gasteiger charge is -2.22. The normalized spacial score (nSPS) is 14.2. The van der Waals surface area contributed by atoms with Crippen LogP contribution in [0.1, 0.15) is 29.0 Å². The summed E-state index contributed by atoms with van der Waals surface area (Å²) in [6.45, 7) is 0.440. The van der Waals surface area contributed by atoms with Crippen LogP contribution in [0, 0.1) is 0 Å². The van der Waals surface area contributed by atoms with Gasteiger partial charge in [0.25, 0.3) is 5.91 Å². The number of furan rings is 1. The fraction of sp³-hybridized carbons (Fsp3) is 0.286. The summed E-state index contributed by atoms with van der Waals surface area (Å²) in [4.78, 5) is 18.3. The van der Waals surface area contributed by atoms with Gasteiger partial charge in [-0.25, -0.2) is 4.98 Å². The van der Waals surface area contributed by atoms with Gasteiger partial charge in [0.05, 0.1) is 30.3 Å². The third-order valence-electron chi connectivity index (χ3n) is 3.29. The summed E-state index contributed by atoms with van der Waals surface area (Å²) in [6.07, 6.45) is 5.02. The molecule has 20 heavy (non-hydrogen) atoms. The molecule has 1 saturated carbocycles. The molecule has 2 N–H and O–H groups in total. The Labute approximate surface area is 121 Å². The molecule has 0 aromatic carbocycles. The fourth-order valence-electron chi connectivity index (χ4n) is 2.10. The summed E-state index contributed by atoms with van der Waals surface area (Å²) in [6, 6.07) is 5.42. The van der Waals surface area contributed by atoms with E-state index < -0.39 is 0 Å². The van der Waals surface area contributed by atoms with E-state index in [1.165, 1.54) is 12.3 Å². The van der Waals surface area contributed by atoms with Crippen molar-refractivity contribution in [3.63, 3.8) is 0 Å². The minimum Gasteiger partial charge on any atom is -0.467 e. The Balaban J connectivity index is 1.87. The van der Waals surface area contributed by atoms with E-state index in [-0.39, 0.29) is 17.1 Å². The van der Waals surface area contributed by atoms with E-state index in [2.05, 4.69) is 4.98 Å². The van der Waals surface area contributed by atoms with Crippen LogP contribution >= 0.6 is 11.6 Å². The molecule has 5 nitrogen and oxygen atoms in total. The number of rotatable bonds is 4. The van der Waals surface area contributed by atoms with Crippen molar-refractivity contribution >= 4 is 23.2 Å². The summed E-state index contributed by atoms with van der Waals surface area (Å²) in [5, 5.41) is 0.260. The maximum Gasteiger partial charge on any atom is 0.256 e. The van der Waals surface area contributed by atoms with E-state index in [1.54, 1.807) is 11.2 Å². The highest BCUT2D eigenvalue weighted by Crippen LogP contribution is 2.31. The predicted octanol–water partition coefficient (Wildman–Crippen LogP) is 2.72. The maximum absolute atomic E-state index is 12.6. The van der Waals surface area contributed by atoms with Gasteiger partial charge in [0, 0.05) is 6.04 Å². The Morgan fingerprint density at radius 2 is 2.35 bits per heavy atom. The number of anilines is 1. The molecular formula is C14H14ClN3O2. The second-order valence-corrected chi connectivity index (χ2v) is 5.23. The Hall–Kier alpha value is -2.01. The van der Waals surface area contributed by atoms with Gasteiger partial charge < -0.3 is 15.1 Å². The molecule has 1 amide bonds. The van der Waals surface area contributed by atoms with Crippen LogP contribution in [0.4, 0.5) is 5.69 Å². The molecule has 2 aromatic heterocycles.